The number of ether oxygens (including phenoxy) is 1. The van der Waals surface area contributed by atoms with E-state index in [0.29, 0.717) is 23.7 Å². The zero-order chi connectivity index (χ0) is 20.6. The van der Waals surface area contributed by atoms with E-state index in [1.807, 2.05) is 19.1 Å². The van der Waals surface area contributed by atoms with Crippen molar-refractivity contribution in [3.63, 3.8) is 0 Å². The highest BCUT2D eigenvalue weighted by Gasteiger charge is 2.23. The molecule has 0 saturated carbocycles. The van der Waals surface area contributed by atoms with Gasteiger partial charge in [-0.2, -0.15) is 0 Å². The summed E-state index contributed by atoms with van der Waals surface area (Å²) in [5, 5.41) is 8.00. The van der Waals surface area contributed by atoms with E-state index < -0.39 is 6.03 Å². The van der Waals surface area contributed by atoms with Gasteiger partial charge >= 0.3 is 6.03 Å². The van der Waals surface area contributed by atoms with Gasteiger partial charge in [0.2, 0.25) is 5.91 Å². The molecule has 9 heteroatoms. The molecule has 0 aromatic carbocycles. The smallest absolute Gasteiger partial charge is 0.324 e. The number of hydrogen-bond donors (Lipinski definition) is 3. The topological polar surface area (TPSA) is 118 Å². The van der Waals surface area contributed by atoms with Crippen LogP contribution in [0.25, 0.3) is 0 Å². The molecule has 0 aliphatic heterocycles. The Kier molecular flexibility index (Phi) is 6.51. The summed E-state index contributed by atoms with van der Waals surface area (Å²) in [5.74, 6) is 0.246. The Balaban J connectivity index is 1.69. The Morgan fingerprint density at radius 1 is 1.21 bits per heavy atom. The summed E-state index contributed by atoms with van der Waals surface area (Å²) in [4.78, 5) is 36.6. The molecule has 29 heavy (non-hydrogen) atoms. The second-order valence-corrected chi connectivity index (χ2v) is 6.38. The third-order valence-electron chi connectivity index (χ3n) is 4.16. The molecule has 1 unspecified atom stereocenters. The van der Waals surface area contributed by atoms with Gasteiger partial charge in [-0.1, -0.05) is 12.1 Å². The number of anilines is 1. The number of aromatic nitrogens is 3. The van der Waals surface area contributed by atoms with Gasteiger partial charge in [-0.15, -0.1) is 0 Å². The molecule has 3 amide bonds. The van der Waals surface area contributed by atoms with Crippen molar-refractivity contribution >= 4 is 17.8 Å². The molecule has 0 bridgehead atoms. The minimum Gasteiger partial charge on any atom is -0.487 e. The van der Waals surface area contributed by atoms with E-state index in [4.69, 9.17) is 4.74 Å². The number of hydrogen-bond acceptors (Lipinski definition) is 6. The predicted octanol–water partition coefficient (Wildman–Crippen LogP) is 2.05. The van der Waals surface area contributed by atoms with E-state index in [1.54, 1.807) is 37.8 Å². The highest BCUT2D eigenvalue weighted by molar-refractivity contribution is 5.90. The Hall–Kier alpha value is -3.75. The Labute approximate surface area is 168 Å². The van der Waals surface area contributed by atoms with Gasteiger partial charge in [-0.3, -0.25) is 20.1 Å². The summed E-state index contributed by atoms with van der Waals surface area (Å²) in [5.41, 5.74) is 2.10. The maximum atomic E-state index is 12.4. The van der Waals surface area contributed by atoms with Crippen molar-refractivity contribution in [2.45, 2.75) is 20.0 Å². The molecule has 9 nitrogen and oxygen atoms in total. The first-order valence-electron chi connectivity index (χ1n) is 9.07. The van der Waals surface area contributed by atoms with Crippen LogP contribution < -0.4 is 16.0 Å². The Morgan fingerprint density at radius 2 is 2.07 bits per heavy atom. The second kappa shape index (κ2) is 9.45. The Bertz CT molecular complexity index is 925. The normalized spacial score (nSPS) is 15.6. The average Bonchev–Trinajstić information content (AvgIpc) is 2.74. The van der Waals surface area contributed by atoms with E-state index in [-0.39, 0.29) is 18.4 Å². The number of carbonyl (C=O) groups is 2. The molecule has 0 saturated heterocycles. The standard InChI is InChI=1S/C20H22N6O3/c1-13-9-24-18(11-23-13)26-20(28)25-16-6-5-15(19(27)21-2)8-17(16)29-12-14-4-3-7-22-10-14/h3-4,6-11,15H,5,12H2,1-2H3,(H,21,27)(H2,24,25,26,28). The first kappa shape index (κ1) is 20.0. The van der Waals surface area contributed by atoms with Crippen molar-refractivity contribution in [2.75, 3.05) is 12.4 Å². The van der Waals surface area contributed by atoms with Crippen LogP contribution in [0.1, 0.15) is 17.7 Å². The van der Waals surface area contributed by atoms with Crippen LogP contribution in [0.2, 0.25) is 0 Å². The summed E-state index contributed by atoms with van der Waals surface area (Å²) in [6.07, 6.45) is 10.3. The molecule has 3 rings (SSSR count). The third-order valence-corrected chi connectivity index (χ3v) is 4.16. The number of urea groups is 1. The van der Waals surface area contributed by atoms with Gasteiger partial charge in [-0.05, 0) is 25.5 Å². The lowest BCUT2D eigenvalue weighted by atomic mass is 9.97. The molecule has 150 valence electrons. The zero-order valence-corrected chi connectivity index (χ0v) is 16.2. The van der Waals surface area contributed by atoms with Crippen molar-refractivity contribution in [3.05, 3.63) is 71.8 Å². The summed E-state index contributed by atoms with van der Waals surface area (Å²) in [6, 6.07) is 3.21. The molecule has 3 N–H and O–H groups in total. The number of rotatable bonds is 6. The van der Waals surface area contributed by atoms with Crippen LogP contribution >= 0.6 is 0 Å². The molecule has 1 aliphatic carbocycles. The van der Waals surface area contributed by atoms with Gasteiger partial charge in [0.15, 0.2) is 5.82 Å². The van der Waals surface area contributed by atoms with Gasteiger partial charge in [0.25, 0.3) is 0 Å². The minimum atomic E-state index is -0.483. The highest BCUT2D eigenvalue weighted by atomic mass is 16.5. The minimum absolute atomic E-state index is 0.123. The van der Waals surface area contributed by atoms with E-state index in [9.17, 15) is 9.59 Å². The molecule has 0 spiro atoms. The first-order chi connectivity index (χ1) is 14.0. The van der Waals surface area contributed by atoms with Crippen LogP contribution in [0.4, 0.5) is 10.6 Å². The molecule has 0 radical (unpaired) electrons. The predicted molar refractivity (Wildman–Crippen MR) is 106 cm³/mol. The summed E-state index contributed by atoms with van der Waals surface area (Å²) >= 11 is 0. The molecule has 2 aromatic heterocycles. The maximum Gasteiger partial charge on any atom is 0.324 e. The van der Waals surface area contributed by atoms with Crippen LogP contribution in [-0.2, 0) is 16.1 Å². The molecular weight excluding hydrogens is 372 g/mol. The quantitative estimate of drug-likeness (QED) is 0.690. The largest absolute Gasteiger partial charge is 0.487 e. The number of amides is 3. The highest BCUT2D eigenvalue weighted by Crippen LogP contribution is 2.24. The van der Waals surface area contributed by atoms with Gasteiger partial charge in [0, 0.05) is 25.0 Å². The lowest BCUT2D eigenvalue weighted by molar-refractivity contribution is -0.123. The van der Waals surface area contributed by atoms with E-state index >= 15 is 0 Å². The monoisotopic (exact) mass is 394 g/mol. The molecule has 0 fully saturated rings. The number of nitrogens with one attached hydrogen (secondary N) is 3. The number of nitrogens with zero attached hydrogens (tertiary/aromatic N) is 3. The molecule has 1 atom stereocenters. The van der Waals surface area contributed by atoms with Gasteiger partial charge in [0.05, 0.1) is 29.7 Å². The van der Waals surface area contributed by atoms with Gasteiger partial charge in [0.1, 0.15) is 12.4 Å². The summed E-state index contributed by atoms with van der Waals surface area (Å²) < 4.78 is 5.88. The maximum absolute atomic E-state index is 12.4. The fraction of sp³-hybridized carbons (Fsp3) is 0.250. The SMILES string of the molecule is CNC(=O)C1C=C(OCc2cccnc2)C(NC(=O)Nc2cnc(C)cn2)=CC1. The van der Waals surface area contributed by atoms with Crippen molar-refractivity contribution in [3.8, 4) is 0 Å². The molecular formula is C20H22N6O3. The average molecular weight is 394 g/mol. The van der Waals surface area contributed by atoms with Crippen LogP contribution in [0.5, 0.6) is 0 Å². The third kappa shape index (κ3) is 5.61. The fourth-order valence-electron chi connectivity index (χ4n) is 2.66. The van der Waals surface area contributed by atoms with Gasteiger partial charge in [-0.25, -0.2) is 9.78 Å². The van der Waals surface area contributed by atoms with Gasteiger partial charge < -0.3 is 15.4 Å². The molecule has 1 aliphatic rings. The lowest BCUT2D eigenvalue weighted by Gasteiger charge is -2.22. The van der Waals surface area contributed by atoms with Crippen molar-refractivity contribution < 1.29 is 14.3 Å². The van der Waals surface area contributed by atoms with E-state index in [1.165, 1.54) is 6.20 Å². The lowest BCUT2D eigenvalue weighted by Crippen LogP contribution is -2.33. The van der Waals surface area contributed by atoms with Crippen molar-refractivity contribution in [2.24, 2.45) is 5.92 Å². The van der Waals surface area contributed by atoms with Crippen LogP contribution in [-0.4, -0.2) is 33.9 Å². The van der Waals surface area contributed by atoms with Crippen LogP contribution in [0.3, 0.4) is 0 Å². The number of aryl methyl sites for hydroxylation is 1. The Morgan fingerprint density at radius 3 is 2.76 bits per heavy atom. The first-order valence-corrected chi connectivity index (χ1v) is 9.07. The fourth-order valence-corrected chi connectivity index (χ4v) is 2.66. The van der Waals surface area contributed by atoms with E-state index in [0.717, 1.165) is 11.3 Å². The summed E-state index contributed by atoms with van der Waals surface area (Å²) in [7, 11) is 1.58. The molecule has 2 aromatic rings. The number of allylic oxidation sites excluding steroid dienone is 1. The second-order valence-electron chi connectivity index (χ2n) is 6.38. The summed E-state index contributed by atoms with van der Waals surface area (Å²) in [6.45, 7) is 2.06. The number of carbonyl (C=O) groups excluding carboxylic acids is 2. The van der Waals surface area contributed by atoms with Crippen LogP contribution in [0, 0.1) is 12.8 Å². The van der Waals surface area contributed by atoms with Crippen molar-refractivity contribution in [1.29, 1.82) is 0 Å². The molecule has 2 heterocycles. The van der Waals surface area contributed by atoms with Crippen molar-refractivity contribution in [1.82, 2.24) is 25.6 Å². The van der Waals surface area contributed by atoms with E-state index in [2.05, 4.69) is 30.9 Å². The zero-order valence-electron chi connectivity index (χ0n) is 16.2. The number of pyridine rings is 1. The van der Waals surface area contributed by atoms with Crippen LogP contribution in [0.15, 0.2) is 60.5 Å².